The summed E-state index contributed by atoms with van der Waals surface area (Å²) in [6.45, 7) is 13.9. The second kappa shape index (κ2) is 9.30. The molecule has 2 aromatic carbocycles. The van der Waals surface area contributed by atoms with Gasteiger partial charge in [-0.1, -0.05) is 69.7 Å². The van der Waals surface area contributed by atoms with Crippen molar-refractivity contribution in [1.29, 1.82) is 0 Å². The van der Waals surface area contributed by atoms with E-state index in [1.54, 1.807) is 0 Å². The average molecular weight is 298 g/mol. The molecule has 0 fully saturated rings. The Kier molecular flexibility index (Phi) is 7.73. The van der Waals surface area contributed by atoms with Crippen LogP contribution in [0.2, 0.25) is 0 Å². The number of benzene rings is 2. The molecule has 0 radical (unpaired) electrons. The minimum absolute atomic E-state index is 0.593. The largest absolute Gasteiger partial charge is 0.493 e. The van der Waals surface area contributed by atoms with Gasteiger partial charge in [-0.25, -0.2) is 0 Å². The highest BCUT2D eigenvalue weighted by molar-refractivity contribution is 5.32. The van der Waals surface area contributed by atoms with Crippen LogP contribution in [0.3, 0.4) is 0 Å². The lowest BCUT2D eigenvalue weighted by Gasteiger charge is -2.09. The van der Waals surface area contributed by atoms with Gasteiger partial charge in [-0.2, -0.15) is 0 Å². The van der Waals surface area contributed by atoms with Crippen LogP contribution in [0.1, 0.15) is 50.3 Å². The molecule has 0 N–H and O–H groups in total. The van der Waals surface area contributed by atoms with E-state index < -0.39 is 0 Å². The molecule has 0 saturated carbocycles. The van der Waals surface area contributed by atoms with Gasteiger partial charge < -0.3 is 4.74 Å². The van der Waals surface area contributed by atoms with Crippen molar-refractivity contribution >= 4 is 0 Å². The smallest absolute Gasteiger partial charge is 0.119 e. The van der Waals surface area contributed by atoms with Crippen molar-refractivity contribution in [1.82, 2.24) is 0 Å². The fourth-order valence-corrected chi connectivity index (χ4v) is 2.25. The normalized spacial score (nSPS) is 10.4. The summed E-state index contributed by atoms with van der Waals surface area (Å²) < 4.78 is 5.47. The Morgan fingerprint density at radius 3 is 2.00 bits per heavy atom. The van der Waals surface area contributed by atoms with Crippen LogP contribution >= 0.6 is 0 Å². The SMILES string of the molecule is CC(C)COc1ccccc1.Cc1ccc(C(C)C)c(C)c1. The molecule has 0 heterocycles. The highest BCUT2D eigenvalue weighted by Crippen LogP contribution is 2.19. The summed E-state index contributed by atoms with van der Waals surface area (Å²) >= 11 is 0. The third-order valence-electron chi connectivity index (χ3n) is 3.37. The molecule has 2 rings (SSSR count). The molecule has 0 amide bonds. The van der Waals surface area contributed by atoms with E-state index in [0.29, 0.717) is 11.8 Å². The van der Waals surface area contributed by atoms with E-state index in [0.717, 1.165) is 12.4 Å². The molecule has 0 saturated heterocycles. The van der Waals surface area contributed by atoms with Crippen LogP contribution in [0.4, 0.5) is 0 Å². The van der Waals surface area contributed by atoms with Crippen LogP contribution in [0.5, 0.6) is 5.75 Å². The van der Waals surface area contributed by atoms with Gasteiger partial charge in [-0.05, 0) is 48.9 Å². The first kappa shape index (κ1) is 18.3. The second-order valence-corrected chi connectivity index (χ2v) is 6.53. The minimum Gasteiger partial charge on any atom is -0.493 e. The zero-order valence-electron chi connectivity index (χ0n) is 14.9. The number of hydrogen-bond donors (Lipinski definition) is 0. The molecule has 0 aromatic heterocycles. The summed E-state index contributed by atoms with van der Waals surface area (Å²) in [5.41, 5.74) is 4.24. The predicted molar refractivity (Wildman–Crippen MR) is 96.8 cm³/mol. The van der Waals surface area contributed by atoms with Crippen molar-refractivity contribution in [3.05, 3.63) is 65.2 Å². The Morgan fingerprint density at radius 1 is 0.864 bits per heavy atom. The van der Waals surface area contributed by atoms with Gasteiger partial charge in [0.25, 0.3) is 0 Å². The molecule has 0 aliphatic heterocycles. The molecule has 0 atom stereocenters. The molecule has 120 valence electrons. The summed E-state index contributed by atoms with van der Waals surface area (Å²) in [5, 5.41) is 0. The van der Waals surface area contributed by atoms with Crippen molar-refractivity contribution < 1.29 is 4.74 Å². The Balaban J connectivity index is 0.000000220. The first-order valence-electron chi connectivity index (χ1n) is 8.15. The Labute approximate surface area is 136 Å². The molecule has 1 nitrogen and oxygen atoms in total. The summed E-state index contributed by atoms with van der Waals surface area (Å²) in [5.74, 6) is 2.20. The lowest BCUT2D eigenvalue weighted by Crippen LogP contribution is -2.03. The molecule has 0 aliphatic carbocycles. The van der Waals surface area contributed by atoms with Crippen molar-refractivity contribution in [2.45, 2.75) is 47.5 Å². The van der Waals surface area contributed by atoms with Gasteiger partial charge in [0.05, 0.1) is 6.61 Å². The van der Waals surface area contributed by atoms with E-state index in [9.17, 15) is 0 Å². The molecule has 0 unspecified atom stereocenters. The number of para-hydroxylation sites is 1. The number of rotatable bonds is 4. The van der Waals surface area contributed by atoms with Crippen LogP contribution in [0.15, 0.2) is 48.5 Å². The van der Waals surface area contributed by atoms with E-state index in [2.05, 4.69) is 59.7 Å². The average Bonchev–Trinajstić information content (AvgIpc) is 2.46. The zero-order chi connectivity index (χ0) is 16.5. The number of ether oxygens (including phenoxy) is 1. The molecule has 0 bridgehead atoms. The monoisotopic (exact) mass is 298 g/mol. The maximum Gasteiger partial charge on any atom is 0.119 e. The van der Waals surface area contributed by atoms with Crippen LogP contribution in [0, 0.1) is 19.8 Å². The van der Waals surface area contributed by atoms with Gasteiger partial charge in [0.1, 0.15) is 5.75 Å². The van der Waals surface area contributed by atoms with E-state index in [-0.39, 0.29) is 0 Å². The van der Waals surface area contributed by atoms with Crippen molar-refractivity contribution in [3.63, 3.8) is 0 Å². The van der Waals surface area contributed by atoms with Gasteiger partial charge in [0.2, 0.25) is 0 Å². The fourth-order valence-electron chi connectivity index (χ4n) is 2.25. The fraction of sp³-hybridized carbons (Fsp3) is 0.429. The minimum atomic E-state index is 0.593. The quantitative estimate of drug-likeness (QED) is 0.658. The zero-order valence-corrected chi connectivity index (χ0v) is 14.9. The van der Waals surface area contributed by atoms with Crippen molar-refractivity contribution in [2.75, 3.05) is 6.61 Å². The summed E-state index contributed by atoms with van der Waals surface area (Å²) in [6.07, 6.45) is 0. The lowest BCUT2D eigenvalue weighted by atomic mass is 9.97. The summed E-state index contributed by atoms with van der Waals surface area (Å²) in [6, 6.07) is 16.6. The maximum absolute atomic E-state index is 5.47. The first-order chi connectivity index (χ1) is 10.4. The summed E-state index contributed by atoms with van der Waals surface area (Å²) in [7, 11) is 0. The van der Waals surface area contributed by atoms with Crippen LogP contribution in [-0.4, -0.2) is 6.61 Å². The predicted octanol–water partition coefficient (Wildman–Crippen LogP) is 6.15. The van der Waals surface area contributed by atoms with Gasteiger partial charge in [-0.3, -0.25) is 0 Å². The molecule has 0 aliphatic rings. The van der Waals surface area contributed by atoms with Gasteiger partial charge >= 0.3 is 0 Å². The van der Waals surface area contributed by atoms with Crippen LogP contribution < -0.4 is 4.74 Å². The lowest BCUT2D eigenvalue weighted by molar-refractivity contribution is 0.271. The Morgan fingerprint density at radius 2 is 1.50 bits per heavy atom. The van der Waals surface area contributed by atoms with Gasteiger partial charge in [0, 0.05) is 0 Å². The van der Waals surface area contributed by atoms with Crippen molar-refractivity contribution in [3.8, 4) is 5.75 Å². The molecule has 1 heteroatoms. The highest BCUT2D eigenvalue weighted by atomic mass is 16.5. The van der Waals surface area contributed by atoms with Crippen LogP contribution in [0.25, 0.3) is 0 Å². The summed E-state index contributed by atoms with van der Waals surface area (Å²) in [4.78, 5) is 0. The van der Waals surface area contributed by atoms with Crippen molar-refractivity contribution in [2.24, 2.45) is 5.92 Å². The van der Waals surface area contributed by atoms with Crippen LogP contribution in [-0.2, 0) is 0 Å². The Bertz CT molecular complexity index is 541. The van der Waals surface area contributed by atoms with E-state index in [1.165, 1.54) is 16.7 Å². The topological polar surface area (TPSA) is 9.23 Å². The standard InChI is InChI=1S/C11H16.C10H14O/c1-8(2)11-6-5-9(3)7-10(11)4;1-9(2)8-11-10-6-4-3-5-7-10/h5-8H,1-4H3;3-7,9H,8H2,1-2H3. The molecular weight excluding hydrogens is 268 g/mol. The maximum atomic E-state index is 5.47. The van der Waals surface area contributed by atoms with E-state index >= 15 is 0 Å². The number of hydrogen-bond acceptors (Lipinski definition) is 1. The molecular formula is C21H30O. The Hall–Kier alpha value is -1.76. The molecule has 2 aromatic rings. The third kappa shape index (κ3) is 6.80. The third-order valence-corrected chi connectivity index (χ3v) is 3.37. The second-order valence-electron chi connectivity index (χ2n) is 6.53. The van der Waals surface area contributed by atoms with E-state index in [1.807, 2.05) is 30.3 Å². The first-order valence-corrected chi connectivity index (χ1v) is 8.15. The molecule has 22 heavy (non-hydrogen) atoms. The number of aryl methyl sites for hydroxylation is 2. The molecule has 0 spiro atoms. The van der Waals surface area contributed by atoms with E-state index in [4.69, 9.17) is 4.74 Å². The van der Waals surface area contributed by atoms with Gasteiger partial charge in [-0.15, -0.1) is 0 Å². The highest BCUT2D eigenvalue weighted by Gasteiger charge is 2.01. The van der Waals surface area contributed by atoms with Gasteiger partial charge in [0.15, 0.2) is 0 Å².